The van der Waals surface area contributed by atoms with Gasteiger partial charge in [0.2, 0.25) is 11.6 Å². The molecule has 1 aromatic heterocycles. The van der Waals surface area contributed by atoms with Gasteiger partial charge in [-0.2, -0.15) is 0 Å². The van der Waals surface area contributed by atoms with Crippen LogP contribution in [0.5, 0.6) is 0 Å². The van der Waals surface area contributed by atoms with Gasteiger partial charge >= 0.3 is 5.69 Å². The van der Waals surface area contributed by atoms with E-state index in [4.69, 9.17) is 0 Å². The number of nitrogens with one attached hydrogen (secondary N) is 2. The van der Waals surface area contributed by atoms with E-state index in [1.807, 2.05) is 13.8 Å². The lowest BCUT2D eigenvalue weighted by atomic mass is 10.2. The number of carbonyl (C=O) groups excluding carboxylic acids is 1. The Labute approximate surface area is 152 Å². The molecule has 2 rings (SSSR count). The molecule has 1 amide bonds. The summed E-state index contributed by atoms with van der Waals surface area (Å²) in [4.78, 5) is 32.7. The number of amides is 1. The highest BCUT2D eigenvalue weighted by molar-refractivity contribution is 9.10. The van der Waals surface area contributed by atoms with Crippen LogP contribution in [0.25, 0.3) is 0 Å². The third-order valence-corrected chi connectivity index (χ3v) is 3.98. The van der Waals surface area contributed by atoms with Gasteiger partial charge in [-0.15, -0.1) is 0 Å². The van der Waals surface area contributed by atoms with Crippen molar-refractivity contribution >= 4 is 39.2 Å². The molecule has 1 heterocycles. The summed E-state index contributed by atoms with van der Waals surface area (Å²) in [7, 11) is 0. The third-order valence-electron chi connectivity index (χ3n) is 3.45. The van der Waals surface area contributed by atoms with Crippen molar-refractivity contribution in [2.24, 2.45) is 0 Å². The highest BCUT2D eigenvalue weighted by Crippen LogP contribution is 2.31. The Morgan fingerprint density at radius 2 is 1.88 bits per heavy atom. The quantitative estimate of drug-likeness (QED) is 0.534. The average molecular weight is 409 g/mol. The Kier molecular flexibility index (Phi) is 6.23. The van der Waals surface area contributed by atoms with E-state index in [0.717, 1.165) is 4.47 Å². The lowest BCUT2D eigenvalue weighted by Gasteiger charge is -2.20. The van der Waals surface area contributed by atoms with Crippen molar-refractivity contribution in [2.75, 3.05) is 23.4 Å². The minimum atomic E-state index is -0.568. The fourth-order valence-corrected chi connectivity index (χ4v) is 2.44. The van der Waals surface area contributed by atoms with Crippen LogP contribution < -0.4 is 15.8 Å². The van der Waals surface area contributed by atoms with Gasteiger partial charge in [-0.25, -0.2) is 9.97 Å². The lowest BCUT2D eigenvalue weighted by molar-refractivity contribution is -0.383. The fraction of sp³-hybridized carbons (Fsp3) is 0.267. The van der Waals surface area contributed by atoms with E-state index < -0.39 is 10.8 Å². The normalized spacial score (nSPS) is 10.2. The zero-order valence-electron chi connectivity index (χ0n) is 13.7. The van der Waals surface area contributed by atoms with Gasteiger partial charge in [0, 0.05) is 23.1 Å². The summed E-state index contributed by atoms with van der Waals surface area (Å²) in [6.07, 6.45) is 1.22. The zero-order valence-corrected chi connectivity index (χ0v) is 15.3. The van der Waals surface area contributed by atoms with Crippen molar-refractivity contribution in [3.05, 3.63) is 50.7 Å². The Morgan fingerprint density at radius 1 is 1.24 bits per heavy atom. The van der Waals surface area contributed by atoms with E-state index in [2.05, 4.69) is 36.7 Å². The van der Waals surface area contributed by atoms with Crippen LogP contribution in [0.3, 0.4) is 0 Å². The van der Waals surface area contributed by atoms with Gasteiger partial charge in [0.25, 0.3) is 5.91 Å². The monoisotopic (exact) mass is 408 g/mol. The first kappa shape index (κ1) is 18.6. The summed E-state index contributed by atoms with van der Waals surface area (Å²) in [5, 5.41) is 11.5. The molecule has 0 aliphatic rings. The molecule has 0 unspecified atom stereocenters. The second kappa shape index (κ2) is 8.38. The first-order valence-electron chi connectivity index (χ1n) is 7.54. The van der Waals surface area contributed by atoms with Gasteiger partial charge in [0.15, 0.2) is 0 Å². The van der Waals surface area contributed by atoms with Crippen molar-refractivity contribution in [3.63, 3.8) is 0 Å². The molecule has 0 fully saturated rings. The number of aromatic nitrogens is 2. The molecular weight excluding hydrogens is 392 g/mol. The Morgan fingerprint density at radius 3 is 2.44 bits per heavy atom. The molecule has 9 nitrogen and oxygen atoms in total. The summed E-state index contributed by atoms with van der Waals surface area (Å²) in [6, 6.07) is 6.69. The summed E-state index contributed by atoms with van der Waals surface area (Å²) in [5.41, 5.74) is 5.04. The van der Waals surface area contributed by atoms with E-state index in [9.17, 15) is 14.9 Å². The maximum Gasteiger partial charge on any atom is 0.355 e. The first-order chi connectivity index (χ1) is 12.0. The van der Waals surface area contributed by atoms with Gasteiger partial charge in [0.05, 0.1) is 4.92 Å². The number of rotatable bonds is 7. The van der Waals surface area contributed by atoms with Gasteiger partial charge in [-0.1, -0.05) is 15.9 Å². The molecule has 132 valence electrons. The molecule has 0 radical (unpaired) electrons. The molecule has 1 aromatic carbocycles. The van der Waals surface area contributed by atoms with Crippen LogP contribution in [0, 0.1) is 10.1 Å². The van der Waals surface area contributed by atoms with E-state index >= 15 is 0 Å². The number of halogens is 1. The molecule has 0 saturated heterocycles. The number of hydrazine groups is 1. The number of hydrogen-bond donors (Lipinski definition) is 2. The van der Waals surface area contributed by atoms with Crippen molar-refractivity contribution in [1.29, 1.82) is 0 Å². The Balaban J connectivity index is 2.24. The summed E-state index contributed by atoms with van der Waals surface area (Å²) in [5.74, 6) is -0.317. The number of nitro groups is 1. The molecule has 0 saturated carbocycles. The predicted octanol–water partition coefficient (Wildman–Crippen LogP) is 2.75. The standard InChI is InChI=1S/C15H17BrN6O3/c1-3-21(4-2)14-12(22(24)25)13(17-9-18-14)19-20-15(23)10-5-7-11(16)8-6-10/h5-9H,3-4H2,1-2H3,(H,20,23)(H,17,18,19). The minimum absolute atomic E-state index is 0.0765. The molecule has 25 heavy (non-hydrogen) atoms. The van der Waals surface area contributed by atoms with Gasteiger partial charge in [-0.05, 0) is 38.1 Å². The lowest BCUT2D eigenvalue weighted by Crippen LogP contribution is -2.31. The van der Waals surface area contributed by atoms with Crippen LogP contribution in [0.1, 0.15) is 24.2 Å². The van der Waals surface area contributed by atoms with Crippen LogP contribution in [0.15, 0.2) is 35.1 Å². The number of anilines is 2. The molecular formula is C15H17BrN6O3. The third kappa shape index (κ3) is 4.41. The van der Waals surface area contributed by atoms with Crippen molar-refractivity contribution in [3.8, 4) is 0 Å². The smallest absolute Gasteiger partial charge is 0.351 e. The largest absolute Gasteiger partial charge is 0.355 e. The number of nitrogens with zero attached hydrogens (tertiary/aromatic N) is 4. The number of hydrogen-bond acceptors (Lipinski definition) is 7. The second-order valence-electron chi connectivity index (χ2n) is 4.91. The van der Waals surface area contributed by atoms with Crippen LogP contribution in [0.2, 0.25) is 0 Å². The highest BCUT2D eigenvalue weighted by Gasteiger charge is 2.26. The van der Waals surface area contributed by atoms with Crippen LogP contribution in [-0.4, -0.2) is 33.9 Å². The van der Waals surface area contributed by atoms with E-state index in [1.165, 1.54) is 6.33 Å². The molecule has 10 heteroatoms. The van der Waals surface area contributed by atoms with Crippen molar-refractivity contribution in [1.82, 2.24) is 15.4 Å². The van der Waals surface area contributed by atoms with E-state index in [-0.39, 0.29) is 17.3 Å². The van der Waals surface area contributed by atoms with Crippen LogP contribution in [0.4, 0.5) is 17.3 Å². The van der Waals surface area contributed by atoms with Gasteiger partial charge < -0.3 is 4.90 Å². The van der Waals surface area contributed by atoms with Crippen molar-refractivity contribution in [2.45, 2.75) is 13.8 Å². The van der Waals surface area contributed by atoms with E-state index in [0.29, 0.717) is 18.7 Å². The molecule has 2 aromatic rings. The summed E-state index contributed by atoms with van der Waals surface area (Å²) in [6.45, 7) is 4.85. The van der Waals surface area contributed by atoms with Gasteiger partial charge in [-0.3, -0.25) is 25.8 Å². The predicted molar refractivity (Wildman–Crippen MR) is 97.5 cm³/mol. The molecule has 2 N–H and O–H groups in total. The fourth-order valence-electron chi connectivity index (χ4n) is 2.17. The van der Waals surface area contributed by atoms with Crippen LogP contribution in [-0.2, 0) is 0 Å². The van der Waals surface area contributed by atoms with E-state index in [1.54, 1.807) is 29.2 Å². The second-order valence-corrected chi connectivity index (χ2v) is 5.83. The highest BCUT2D eigenvalue weighted by atomic mass is 79.9. The van der Waals surface area contributed by atoms with Crippen LogP contribution >= 0.6 is 15.9 Å². The molecule has 0 aliphatic carbocycles. The molecule has 0 atom stereocenters. The molecule has 0 bridgehead atoms. The van der Waals surface area contributed by atoms with Crippen molar-refractivity contribution < 1.29 is 9.72 Å². The maximum atomic E-state index is 12.1. The topological polar surface area (TPSA) is 113 Å². The molecule has 0 spiro atoms. The Hall–Kier alpha value is -2.75. The minimum Gasteiger partial charge on any atom is -0.351 e. The Bertz CT molecular complexity index is 764. The maximum absolute atomic E-state index is 12.1. The average Bonchev–Trinajstić information content (AvgIpc) is 2.61. The molecule has 0 aliphatic heterocycles. The summed E-state index contributed by atoms with van der Waals surface area (Å²) >= 11 is 3.29. The number of carbonyl (C=O) groups is 1. The SMILES string of the molecule is CCN(CC)c1ncnc(NNC(=O)c2ccc(Br)cc2)c1[N+](=O)[O-]. The number of benzene rings is 1. The van der Waals surface area contributed by atoms with Gasteiger partial charge in [0.1, 0.15) is 6.33 Å². The first-order valence-corrected chi connectivity index (χ1v) is 8.33. The zero-order chi connectivity index (χ0) is 18.4. The summed E-state index contributed by atoms with van der Waals surface area (Å²) < 4.78 is 0.840.